The van der Waals surface area contributed by atoms with Gasteiger partial charge in [-0.3, -0.25) is 19.2 Å². The van der Waals surface area contributed by atoms with Crippen molar-refractivity contribution in [3.63, 3.8) is 0 Å². The summed E-state index contributed by atoms with van der Waals surface area (Å²) >= 11 is 0. The average molecular weight is 466 g/mol. The number of ether oxygens (including phenoxy) is 1. The molecule has 2 saturated heterocycles. The Bertz CT molecular complexity index is 1400. The number of nitrogens with zero attached hydrogens (tertiary/aromatic N) is 1. The topological polar surface area (TPSA) is 80.8 Å². The van der Waals surface area contributed by atoms with Crippen LogP contribution in [0.3, 0.4) is 0 Å². The Hall–Kier alpha value is -3.90. The minimum Gasteiger partial charge on any atom is -0.349 e. The Morgan fingerprint density at radius 1 is 0.743 bits per heavy atom. The van der Waals surface area contributed by atoms with Crippen molar-refractivity contribution >= 4 is 29.1 Å². The molecule has 0 radical (unpaired) electrons. The van der Waals surface area contributed by atoms with E-state index in [4.69, 9.17) is 4.74 Å². The fourth-order valence-corrected chi connectivity index (χ4v) is 6.21. The van der Waals surface area contributed by atoms with Crippen LogP contribution in [0.2, 0.25) is 0 Å². The number of carbonyl (C=O) groups excluding carboxylic acids is 4. The zero-order valence-electron chi connectivity index (χ0n) is 19.6. The highest BCUT2D eigenvalue weighted by atomic mass is 16.5. The fourth-order valence-electron chi connectivity index (χ4n) is 6.21. The van der Waals surface area contributed by atoms with E-state index < -0.39 is 46.9 Å². The molecule has 1 spiro atoms. The first-order chi connectivity index (χ1) is 16.8. The molecule has 2 heterocycles. The Labute approximate surface area is 202 Å². The van der Waals surface area contributed by atoms with Crippen LogP contribution in [0.15, 0.2) is 66.7 Å². The van der Waals surface area contributed by atoms with Gasteiger partial charge >= 0.3 is 0 Å². The van der Waals surface area contributed by atoms with E-state index in [1.165, 1.54) is 4.90 Å². The molecule has 2 amide bonds. The molecule has 6 nitrogen and oxygen atoms in total. The Kier molecular flexibility index (Phi) is 4.51. The number of imide groups is 1. The lowest BCUT2D eigenvalue weighted by Crippen LogP contribution is -2.51. The zero-order valence-corrected chi connectivity index (χ0v) is 19.6. The van der Waals surface area contributed by atoms with Crippen LogP contribution >= 0.6 is 0 Å². The van der Waals surface area contributed by atoms with Gasteiger partial charge in [0.1, 0.15) is 0 Å². The second-order valence-corrected chi connectivity index (χ2v) is 9.65. The van der Waals surface area contributed by atoms with E-state index in [0.717, 1.165) is 16.7 Å². The minimum absolute atomic E-state index is 0.228. The summed E-state index contributed by atoms with van der Waals surface area (Å²) in [5.41, 5.74) is 2.14. The number of hydrogen-bond donors (Lipinski definition) is 0. The SMILES string of the molecule is Cc1cc(C)c(N2C(=O)C3C(c4ccccc4)OC4(C(=O)c5ccccc5C4=O)C3C2=O)c(C)c1. The van der Waals surface area contributed by atoms with Gasteiger partial charge in [0.25, 0.3) is 0 Å². The average Bonchev–Trinajstić information content (AvgIpc) is 3.40. The number of aryl methyl sites for hydroxylation is 3. The second-order valence-electron chi connectivity index (χ2n) is 9.65. The van der Waals surface area contributed by atoms with E-state index >= 15 is 0 Å². The van der Waals surface area contributed by atoms with E-state index in [1.807, 2.05) is 39.0 Å². The van der Waals surface area contributed by atoms with Crippen LogP contribution < -0.4 is 4.90 Å². The van der Waals surface area contributed by atoms with Gasteiger partial charge in [0.05, 0.1) is 23.6 Å². The molecule has 2 aliphatic heterocycles. The van der Waals surface area contributed by atoms with E-state index in [9.17, 15) is 19.2 Å². The quantitative estimate of drug-likeness (QED) is 0.416. The van der Waals surface area contributed by atoms with Gasteiger partial charge in [0.15, 0.2) is 0 Å². The largest absolute Gasteiger partial charge is 0.349 e. The van der Waals surface area contributed by atoms with Crippen molar-refractivity contribution in [3.8, 4) is 0 Å². The third-order valence-corrected chi connectivity index (χ3v) is 7.51. The smallest absolute Gasteiger partial charge is 0.241 e. The highest BCUT2D eigenvalue weighted by molar-refractivity contribution is 6.37. The third-order valence-electron chi connectivity index (χ3n) is 7.51. The minimum atomic E-state index is -2.05. The summed E-state index contributed by atoms with van der Waals surface area (Å²) in [5, 5.41) is 0. The molecule has 3 aliphatic rings. The maximum absolute atomic E-state index is 14.1. The summed E-state index contributed by atoms with van der Waals surface area (Å²) in [4.78, 5) is 56.9. The number of amides is 2. The lowest BCUT2D eigenvalue weighted by molar-refractivity contribution is -0.127. The molecule has 0 aromatic heterocycles. The normalized spacial score (nSPS) is 24.4. The first-order valence-electron chi connectivity index (χ1n) is 11.6. The molecule has 3 aromatic carbocycles. The summed E-state index contributed by atoms with van der Waals surface area (Å²) in [7, 11) is 0. The van der Waals surface area contributed by atoms with Crippen molar-refractivity contribution in [1.29, 1.82) is 0 Å². The van der Waals surface area contributed by atoms with Crippen molar-refractivity contribution in [2.45, 2.75) is 32.5 Å². The van der Waals surface area contributed by atoms with E-state index in [1.54, 1.807) is 48.5 Å². The van der Waals surface area contributed by atoms with Crippen LogP contribution in [0.1, 0.15) is 49.1 Å². The van der Waals surface area contributed by atoms with Crippen LogP contribution in [0.5, 0.6) is 0 Å². The Morgan fingerprint density at radius 3 is 1.86 bits per heavy atom. The molecule has 6 heteroatoms. The molecule has 1 aliphatic carbocycles. The van der Waals surface area contributed by atoms with Gasteiger partial charge in [-0.2, -0.15) is 0 Å². The molecular weight excluding hydrogens is 442 g/mol. The monoisotopic (exact) mass is 465 g/mol. The first-order valence-corrected chi connectivity index (χ1v) is 11.6. The Balaban J connectivity index is 1.57. The molecule has 6 rings (SSSR count). The molecule has 0 N–H and O–H groups in total. The lowest BCUT2D eigenvalue weighted by Gasteiger charge is -2.28. The first kappa shape index (κ1) is 21.6. The maximum Gasteiger partial charge on any atom is 0.241 e. The zero-order chi connectivity index (χ0) is 24.6. The summed E-state index contributed by atoms with van der Waals surface area (Å²) in [6, 6.07) is 19.4. The molecule has 3 atom stereocenters. The molecular formula is C29H23NO5. The number of rotatable bonds is 2. The van der Waals surface area contributed by atoms with Crippen molar-refractivity contribution < 1.29 is 23.9 Å². The molecule has 2 fully saturated rings. The van der Waals surface area contributed by atoms with Crippen molar-refractivity contribution in [2.75, 3.05) is 4.90 Å². The summed E-state index contributed by atoms with van der Waals surface area (Å²) in [6.07, 6.45) is -0.907. The van der Waals surface area contributed by atoms with Gasteiger partial charge in [-0.15, -0.1) is 0 Å². The van der Waals surface area contributed by atoms with Crippen molar-refractivity contribution in [3.05, 3.63) is 100 Å². The van der Waals surface area contributed by atoms with Crippen LogP contribution in [0, 0.1) is 32.6 Å². The number of Topliss-reactive ketones (excluding diaryl/α,β-unsaturated/α-hetero) is 2. The predicted octanol–water partition coefficient (Wildman–Crippen LogP) is 4.31. The van der Waals surface area contributed by atoms with Crippen LogP contribution in [0.25, 0.3) is 0 Å². The van der Waals surface area contributed by atoms with Gasteiger partial charge in [0, 0.05) is 11.1 Å². The van der Waals surface area contributed by atoms with Crippen molar-refractivity contribution in [2.24, 2.45) is 11.8 Å². The number of fused-ring (bicyclic) bond motifs is 3. The lowest BCUT2D eigenvalue weighted by atomic mass is 9.77. The number of carbonyl (C=O) groups is 4. The highest BCUT2D eigenvalue weighted by Gasteiger charge is 2.74. The van der Waals surface area contributed by atoms with E-state index in [-0.39, 0.29) is 11.1 Å². The molecule has 3 unspecified atom stereocenters. The molecule has 0 saturated carbocycles. The molecule has 174 valence electrons. The number of anilines is 1. The summed E-state index contributed by atoms with van der Waals surface area (Å²) in [6.45, 7) is 5.66. The number of ketones is 2. The molecule has 35 heavy (non-hydrogen) atoms. The fraction of sp³-hybridized carbons (Fsp3) is 0.241. The number of benzene rings is 3. The van der Waals surface area contributed by atoms with Gasteiger partial charge in [-0.05, 0) is 37.5 Å². The second kappa shape index (κ2) is 7.30. The van der Waals surface area contributed by atoms with Crippen LogP contribution in [-0.2, 0) is 14.3 Å². The Morgan fingerprint density at radius 2 is 1.29 bits per heavy atom. The van der Waals surface area contributed by atoms with Gasteiger partial charge in [0.2, 0.25) is 29.0 Å². The van der Waals surface area contributed by atoms with Crippen LogP contribution in [0.4, 0.5) is 5.69 Å². The van der Waals surface area contributed by atoms with Gasteiger partial charge < -0.3 is 4.74 Å². The molecule has 0 bridgehead atoms. The maximum atomic E-state index is 14.1. The highest BCUT2D eigenvalue weighted by Crippen LogP contribution is 2.58. The third kappa shape index (κ3) is 2.68. The van der Waals surface area contributed by atoms with E-state index in [2.05, 4.69) is 0 Å². The van der Waals surface area contributed by atoms with E-state index in [0.29, 0.717) is 11.3 Å². The predicted molar refractivity (Wildman–Crippen MR) is 128 cm³/mol. The van der Waals surface area contributed by atoms with Gasteiger partial charge in [-0.25, -0.2) is 4.90 Å². The number of hydrogen-bond acceptors (Lipinski definition) is 5. The van der Waals surface area contributed by atoms with Gasteiger partial charge in [-0.1, -0.05) is 72.3 Å². The summed E-state index contributed by atoms with van der Waals surface area (Å²) < 4.78 is 6.31. The summed E-state index contributed by atoms with van der Waals surface area (Å²) in [5.74, 6) is -4.35. The standard InChI is InChI=1S/C29H23NO5/c1-15-13-16(2)23(17(3)14-15)30-27(33)21-22(28(30)34)29(35-24(21)18-9-5-4-6-10-18)25(31)19-11-7-8-12-20(19)26(29)32/h4-14,21-22,24H,1-3H3. The van der Waals surface area contributed by atoms with Crippen molar-refractivity contribution in [1.82, 2.24) is 0 Å². The van der Waals surface area contributed by atoms with Crippen LogP contribution in [-0.4, -0.2) is 29.0 Å². The molecule has 3 aromatic rings.